The molecule has 1 amide bonds. The zero-order valence-corrected chi connectivity index (χ0v) is 11.9. The third kappa shape index (κ3) is 4.46. The van der Waals surface area contributed by atoms with E-state index in [1.54, 1.807) is 0 Å². The highest BCUT2D eigenvalue weighted by Gasteiger charge is 2.28. The third-order valence-electron chi connectivity index (χ3n) is 4.40. The summed E-state index contributed by atoms with van der Waals surface area (Å²) in [6.45, 7) is 2.15. The zero-order chi connectivity index (χ0) is 13.5. The van der Waals surface area contributed by atoms with Crippen molar-refractivity contribution in [1.82, 2.24) is 4.90 Å². The van der Waals surface area contributed by atoms with Crippen LogP contribution in [0.5, 0.6) is 0 Å². The number of amides is 1. The number of piperidine rings is 1. The molecular weight excluding hydrogens is 242 g/mol. The Morgan fingerprint density at radius 2 is 1.68 bits per heavy atom. The predicted molar refractivity (Wildman–Crippen MR) is 73.8 cm³/mol. The maximum atomic E-state index is 12.5. The Kier molecular flexibility index (Phi) is 6.11. The fourth-order valence-electron chi connectivity index (χ4n) is 3.25. The molecule has 1 saturated heterocycles. The number of hydrogen-bond donors (Lipinski definition) is 1. The van der Waals surface area contributed by atoms with Gasteiger partial charge in [-0.05, 0) is 25.7 Å². The summed E-state index contributed by atoms with van der Waals surface area (Å²) >= 11 is 0. The molecular formula is C15H27NO3. The minimum absolute atomic E-state index is 0.0845. The summed E-state index contributed by atoms with van der Waals surface area (Å²) in [5.74, 6) is 0.653. The Morgan fingerprint density at radius 1 is 1.05 bits per heavy atom. The van der Waals surface area contributed by atoms with Crippen molar-refractivity contribution >= 4 is 5.91 Å². The van der Waals surface area contributed by atoms with Crippen LogP contribution in [-0.4, -0.2) is 48.3 Å². The van der Waals surface area contributed by atoms with Crippen molar-refractivity contribution in [1.29, 1.82) is 0 Å². The Hall–Kier alpha value is -0.610. The van der Waals surface area contributed by atoms with Crippen LogP contribution >= 0.6 is 0 Å². The number of carbonyl (C=O) groups is 1. The molecule has 110 valence electrons. The molecule has 1 saturated carbocycles. The van der Waals surface area contributed by atoms with Crippen LogP contribution in [0.15, 0.2) is 0 Å². The number of aliphatic hydroxyl groups excluding tert-OH is 1. The van der Waals surface area contributed by atoms with E-state index in [9.17, 15) is 4.79 Å². The zero-order valence-electron chi connectivity index (χ0n) is 11.9. The Bertz CT molecular complexity index is 267. The second kappa shape index (κ2) is 7.85. The molecule has 0 spiro atoms. The normalized spacial score (nSPS) is 23.3. The van der Waals surface area contributed by atoms with E-state index in [1.165, 1.54) is 25.7 Å². The van der Waals surface area contributed by atoms with Crippen molar-refractivity contribution in [2.24, 2.45) is 5.92 Å². The van der Waals surface area contributed by atoms with Gasteiger partial charge in [0.2, 0.25) is 5.91 Å². The second-order valence-corrected chi connectivity index (χ2v) is 5.81. The molecule has 0 aromatic rings. The van der Waals surface area contributed by atoms with Crippen LogP contribution in [0, 0.1) is 5.92 Å². The summed E-state index contributed by atoms with van der Waals surface area (Å²) in [5.41, 5.74) is 0. The molecule has 0 aromatic heterocycles. The number of ether oxygens (including phenoxy) is 1. The van der Waals surface area contributed by atoms with Gasteiger partial charge in [0.1, 0.15) is 0 Å². The van der Waals surface area contributed by atoms with Crippen molar-refractivity contribution in [2.45, 2.75) is 57.5 Å². The number of carbonyl (C=O) groups excluding carboxylic acids is 1. The third-order valence-corrected chi connectivity index (χ3v) is 4.40. The first kappa shape index (κ1) is 14.8. The average Bonchev–Trinajstić information content (AvgIpc) is 2.74. The Morgan fingerprint density at radius 3 is 2.26 bits per heavy atom. The summed E-state index contributed by atoms with van der Waals surface area (Å²) in [6, 6.07) is 0. The van der Waals surface area contributed by atoms with Gasteiger partial charge >= 0.3 is 0 Å². The topological polar surface area (TPSA) is 49.8 Å². The van der Waals surface area contributed by atoms with Gasteiger partial charge in [-0.1, -0.05) is 25.7 Å². The molecule has 1 heterocycles. The van der Waals surface area contributed by atoms with Crippen LogP contribution < -0.4 is 0 Å². The summed E-state index contributed by atoms with van der Waals surface area (Å²) < 4.78 is 5.54. The number of aliphatic hydroxyl groups is 1. The van der Waals surface area contributed by atoms with Gasteiger partial charge in [-0.15, -0.1) is 0 Å². The van der Waals surface area contributed by atoms with Gasteiger partial charge in [0.15, 0.2) is 0 Å². The van der Waals surface area contributed by atoms with Gasteiger partial charge in [-0.25, -0.2) is 0 Å². The molecule has 2 fully saturated rings. The lowest BCUT2D eigenvalue weighted by atomic mass is 9.97. The molecule has 2 rings (SSSR count). The Balaban J connectivity index is 1.75. The minimum atomic E-state index is 0.0845. The minimum Gasteiger partial charge on any atom is -0.394 e. The van der Waals surface area contributed by atoms with Crippen LogP contribution in [0.4, 0.5) is 0 Å². The van der Waals surface area contributed by atoms with Crippen LogP contribution in [-0.2, 0) is 9.53 Å². The molecule has 0 aromatic carbocycles. The second-order valence-electron chi connectivity index (χ2n) is 5.81. The summed E-state index contributed by atoms with van der Waals surface area (Å²) in [5, 5.41) is 8.74. The van der Waals surface area contributed by atoms with Crippen LogP contribution in [0.2, 0.25) is 0 Å². The molecule has 4 heteroatoms. The maximum Gasteiger partial charge on any atom is 0.225 e. The first-order valence-corrected chi connectivity index (χ1v) is 7.82. The van der Waals surface area contributed by atoms with Crippen molar-refractivity contribution in [3.8, 4) is 0 Å². The summed E-state index contributed by atoms with van der Waals surface area (Å²) in [7, 11) is 0. The van der Waals surface area contributed by atoms with Gasteiger partial charge in [-0.3, -0.25) is 4.79 Å². The molecule has 4 nitrogen and oxygen atoms in total. The predicted octanol–water partition coefficient (Wildman–Crippen LogP) is 1.96. The highest BCUT2D eigenvalue weighted by atomic mass is 16.5. The number of likely N-dealkylation sites (tertiary alicyclic amines) is 1. The fraction of sp³-hybridized carbons (Fsp3) is 0.933. The van der Waals surface area contributed by atoms with E-state index in [0.29, 0.717) is 12.5 Å². The number of rotatable bonds is 4. The lowest BCUT2D eigenvalue weighted by Crippen LogP contribution is -2.43. The smallest absolute Gasteiger partial charge is 0.225 e. The largest absolute Gasteiger partial charge is 0.394 e. The van der Waals surface area contributed by atoms with Crippen molar-refractivity contribution in [2.75, 3.05) is 26.3 Å². The lowest BCUT2D eigenvalue weighted by molar-refractivity contribution is -0.138. The first-order chi connectivity index (χ1) is 9.31. The van der Waals surface area contributed by atoms with E-state index in [-0.39, 0.29) is 18.6 Å². The molecule has 0 radical (unpaired) electrons. The highest BCUT2D eigenvalue weighted by Crippen LogP contribution is 2.26. The van der Waals surface area contributed by atoms with E-state index in [4.69, 9.17) is 9.84 Å². The Labute approximate surface area is 116 Å². The van der Waals surface area contributed by atoms with Gasteiger partial charge in [0, 0.05) is 19.0 Å². The van der Waals surface area contributed by atoms with E-state index in [0.717, 1.165) is 38.8 Å². The molecule has 1 aliphatic carbocycles. The average molecular weight is 269 g/mol. The molecule has 1 N–H and O–H groups in total. The lowest BCUT2D eigenvalue weighted by Gasteiger charge is -2.34. The number of hydrogen-bond acceptors (Lipinski definition) is 3. The number of nitrogens with zero attached hydrogens (tertiary/aromatic N) is 1. The van der Waals surface area contributed by atoms with Crippen LogP contribution in [0.3, 0.4) is 0 Å². The quantitative estimate of drug-likeness (QED) is 0.794. The van der Waals surface area contributed by atoms with Crippen molar-refractivity contribution in [3.05, 3.63) is 0 Å². The van der Waals surface area contributed by atoms with E-state index >= 15 is 0 Å². The molecule has 0 bridgehead atoms. The van der Waals surface area contributed by atoms with Crippen LogP contribution in [0.1, 0.15) is 51.4 Å². The molecule has 0 atom stereocenters. The SMILES string of the molecule is O=C(C1CCCCCC1)N1CCC(OCCO)CC1. The van der Waals surface area contributed by atoms with E-state index in [2.05, 4.69) is 0 Å². The van der Waals surface area contributed by atoms with Gasteiger partial charge in [0.25, 0.3) is 0 Å². The van der Waals surface area contributed by atoms with E-state index in [1.807, 2.05) is 4.90 Å². The fourth-order valence-corrected chi connectivity index (χ4v) is 3.25. The van der Waals surface area contributed by atoms with Gasteiger partial charge in [0.05, 0.1) is 19.3 Å². The monoisotopic (exact) mass is 269 g/mol. The van der Waals surface area contributed by atoms with E-state index < -0.39 is 0 Å². The molecule has 2 aliphatic rings. The molecule has 0 unspecified atom stereocenters. The summed E-state index contributed by atoms with van der Waals surface area (Å²) in [4.78, 5) is 14.5. The van der Waals surface area contributed by atoms with Gasteiger partial charge < -0.3 is 14.7 Å². The van der Waals surface area contributed by atoms with Crippen LogP contribution in [0.25, 0.3) is 0 Å². The highest BCUT2D eigenvalue weighted by molar-refractivity contribution is 5.78. The summed E-state index contributed by atoms with van der Waals surface area (Å²) in [6.07, 6.45) is 9.24. The van der Waals surface area contributed by atoms with Crippen molar-refractivity contribution < 1.29 is 14.6 Å². The standard InChI is InChI=1S/C15H27NO3/c17-11-12-19-14-7-9-16(10-8-14)15(18)13-5-3-1-2-4-6-13/h13-14,17H,1-12H2. The van der Waals surface area contributed by atoms with Gasteiger partial charge in [-0.2, -0.15) is 0 Å². The first-order valence-electron chi connectivity index (χ1n) is 7.82. The molecule has 1 aliphatic heterocycles. The maximum absolute atomic E-state index is 12.5. The van der Waals surface area contributed by atoms with Crippen molar-refractivity contribution in [3.63, 3.8) is 0 Å². The molecule has 19 heavy (non-hydrogen) atoms.